The number of hydrogen-bond donors (Lipinski definition) is 0. The lowest BCUT2D eigenvalue weighted by molar-refractivity contribution is 1.18. The Morgan fingerprint density at radius 3 is 1.81 bits per heavy atom. The molecule has 0 saturated carbocycles. The molecule has 26 heavy (non-hydrogen) atoms. The van der Waals surface area contributed by atoms with Gasteiger partial charge in [0.15, 0.2) is 0 Å². The van der Waals surface area contributed by atoms with Gasteiger partial charge in [-0.2, -0.15) is 0 Å². The summed E-state index contributed by atoms with van der Waals surface area (Å²) in [6.07, 6.45) is 0. The monoisotopic (exact) mass is 397 g/mol. The first-order valence-electron chi connectivity index (χ1n) is 8.66. The molecule has 0 fully saturated rings. The third kappa shape index (κ3) is 2.38. The fraction of sp³-hybridized carbons (Fsp3) is 0. The van der Waals surface area contributed by atoms with Crippen LogP contribution in [-0.4, -0.2) is 4.57 Å². The number of halogens is 1. The van der Waals surface area contributed by atoms with E-state index in [2.05, 4.69) is 111 Å². The zero-order valence-corrected chi connectivity index (χ0v) is 15.6. The minimum absolute atomic E-state index is 1.10. The maximum absolute atomic E-state index is 3.72. The molecule has 2 heteroatoms. The first kappa shape index (κ1) is 15.4. The summed E-state index contributed by atoms with van der Waals surface area (Å²) in [5, 5.41) is 2.57. The van der Waals surface area contributed by atoms with Crippen molar-refractivity contribution in [3.05, 3.63) is 102 Å². The van der Waals surface area contributed by atoms with Gasteiger partial charge in [-0.25, -0.2) is 0 Å². The standard InChI is InChI=1S/C24H16BrN/c25-22-15-14-18(16-21(22)17-8-2-1-3-9-17)26-23-12-6-4-10-19(23)20-11-5-7-13-24(20)26/h1-16H. The predicted molar refractivity (Wildman–Crippen MR) is 114 cm³/mol. The molecule has 1 heterocycles. The van der Waals surface area contributed by atoms with Crippen molar-refractivity contribution in [1.82, 2.24) is 4.57 Å². The van der Waals surface area contributed by atoms with Gasteiger partial charge < -0.3 is 4.57 Å². The molecule has 0 radical (unpaired) electrons. The molecular formula is C24H16BrN. The molecule has 0 amide bonds. The Hall–Kier alpha value is -2.84. The van der Waals surface area contributed by atoms with Crippen molar-refractivity contribution in [3.8, 4) is 16.8 Å². The Balaban J connectivity index is 1.84. The van der Waals surface area contributed by atoms with Gasteiger partial charge in [0.05, 0.1) is 11.0 Å². The van der Waals surface area contributed by atoms with Gasteiger partial charge in [-0.05, 0) is 41.5 Å². The summed E-state index contributed by atoms with van der Waals surface area (Å²) in [5.74, 6) is 0. The molecule has 0 N–H and O–H groups in total. The van der Waals surface area contributed by atoms with Crippen LogP contribution < -0.4 is 0 Å². The van der Waals surface area contributed by atoms with E-state index in [0.717, 1.165) is 4.47 Å². The van der Waals surface area contributed by atoms with E-state index in [1.165, 1.54) is 38.6 Å². The highest BCUT2D eigenvalue weighted by molar-refractivity contribution is 9.10. The smallest absolute Gasteiger partial charge is 0.0541 e. The molecule has 0 saturated heterocycles. The Morgan fingerprint density at radius 2 is 1.15 bits per heavy atom. The van der Waals surface area contributed by atoms with Gasteiger partial charge in [0.1, 0.15) is 0 Å². The number of rotatable bonds is 2. The van der Waals surface area contributed by atoms with E-state index in [-0.39, 0.29) is 0 Å². The van der Waals surface area contributed by atoms with E-state index in [0.29, 0.717) is 0 Å². The molecule has 0 aliphatic heterocycles. The van der Waals surface area contributed by atoms with Gasteiger partial charge in [0, 0.05) is 20.9 Å². The molecule has 1 nitrogen and oxygen atoms in total. The topological polar surface area (TPSA) is 4.93 Å². The van der Waals surface area contributed by atoms with Crippen LogP contribution in [0.3, 0.4) is 0 Å². The van der Waals surface area contributed by atoms with Crippen LogP contribution in [0.1, 0.15) is 0 Å². The lowest BCUT2D eigenvalue weighted by atomic mass is 10.1. The lowest BCUT2D eigenvalue weighted by Gasteiger charge is -2.12. The maximum Gasteiger partial charge on any atom is 0.0541 e. The number of benzene rings is 4. The van der Waals surface area contributed by atoms with Gasteiger partial charge in [0.2, 0.25) is 0 Å². The van der Waals surface area contributed by atoms with E-state index in [4.69, 9.17) is 0 Å². The molecule has 124 valence electrons. The highest BCUT2D eigenvalue weighted by Gasteiger charge is 2.13. The van der Waals surface area contributed by atoms with Crippen molar-refractivity contribution in [3.63, 3.8) is 0 Å². The van der Waals surface area contributed by atoms with Crippen LogP contribution in [0, 0.1) is 0 Å². The summed E-state index contributed by atoms with van der Waals surface area (Å²) in [6.45, 7) is 0. The maximum atomic E-state index is 3.72. The number of para-hydroxylation sites is 2. The Bertz CT molecular complexity index is 1180. The van der Waals surface area contributed by atoms with E-state index >= 15 is 0 Å². The summed E-state index contributed by atoms with van der Waals surface area (Å²) in [6, 6.07) is 34.3. The number of aromatic nitrogens is 1. The molecule has 0 unspecified atom stereocenters. The highest BCUT2D eigenvalue weighted by Crippen LogP contribution is 2.35. The average molecular weight is 398 g/mol. The highest BCUT2D eigenvalue weighted by atomic mass is 79.9. The van der Waals surface area contributed by atoms with Crippen molar-refractivity contribution in [2.75, 3.05) is 0 Å². The van der Waals surface area contributed by atoms with Gasteiger partial charge in [-0.3, -0.25) is 0 Å². The van der Waals surface area contributed by atoms with Crippen LogP contribution in [0.25, 0.3) is 38.6 Å². The van der Waals surface area contributed by atoms with Gasteiger partial charge in [-0.1, -0.05) is 82.7 Å². The number of fused-ring (bicyclic) bond motifs is 3. The third-order valence-corrected chi connectivity index (χ3v) is 5.56. The minimum Gasteiger partial charge on any atom is -0.309 e. The summed E-state index contributed by atoms with van der Waals surface area (Å²) in [5.41, 5.74) is 6.04. The second-order valence-electron chi connectivity index (χ2n) is 6.40. The summed E-state index contributed by atoms with van der Waals surface area (Å²) >= 11 is 3.72. The minimum atomic E-state index is 1.10. The van der Waals surface area contributed by atoms with Crippen molar-refractivity contribution >= 4 is 37.7 Å². The van der Waals surface area contributed by atoms with Gasteiger partial charge in [0.25, 0.3) is 0 Å². The van der Waals surface area contributed by atoms with Crippen LogP contribution in [0.4, 0.5) is 0 Å². The molecule has 0 atom stereocenters. The average Bonchev–Trinajstić information content (AvgIpc) is 3.04. The van der Waals surface area contributed by atoms with Crippen molar-refractivity contribution < 1.29 is 0 Å². The Labute approximate surface area is 160 Å². The molecule has 1 aromatic heterocycles. The zero-order valence-electron chi connectivity index (χ0n) is 14.1. The predicted octanol–water partition coefficient (Wildman–Crippen LogP) is 7.21. The normalized spacial score (nSPS) is 11.3. The number of nitrogens with zero attached hydrogens (tertiary/aromatic N) is 1. The molecule has 5 aromatic rings. The summed E-state index contributed by atoms with van der Waals surface area (Å²) in [7, 11) is 0. The van der Waals surface area contributed by atoms with Crippen LogP contribution in [0.2, 0.25) is 0 Å². The van der Waals surface area contributed by atoms with Crippen molar-refractivity contribution in [2.24, 2.45) is 0 Å². The largest absolute Gasteiger partial charge is 0.309 e. The van der Waals surface area contributed by atoms with E-state index in [1.54, 1.807) is 0 Å². The molecular weight excluding hydrogens is 382 g/mol. The lowest BCUT2D eigenvalue weighted by Crippen LogP contribution is -1.94. The summed E-state index contributed by atoms with van der Waals surface area (Å²) < 4.78 is 3.46. The molecule has 0 aliphatic rings. The first-order valence-corrected chi connectivity index (χ1v) is 9.46. The zero-order chi connectivity index (χ0) is 17.5. The summed E-state index contributed by atoms with van der Waals surface area (Å²) in [4.78, 5) is 0. The Morgan fingerprint density at radius 1 is 0.577 bits per heavy atom. The number of hydrogen-bond acceptors (Lipinski definition) is 0. The molecule has 0 spiro atoms. The van der Waals surface area contributed by atoms with Gasteiger partial charge >= 0.3 is 0 Å². The SMILES string of the molecule is Brc1ccc(-n2c3ccccc3c3ccccc32)cc1-c1ccccc1. The van der Waals surface area contributed by atoms with E-state index < -0.39 is 0 Å². The second kappa shape index (κ2) is 6.15. The van der Waals surface area contributed by atoms with E-state index in [1.807, 2.05) is 6.07 Å². The quantitative estimate of drug-likeness (QED) is 0.296. The fourth-order valence-electron chi connectivity index (χ4n) is 3.69. The molecule has 0 aliphatic carbocycles. The van der Waals surface area contributed by atoms with Crippen molar-refractivity contribution in [1.29, 1.82) is 0 Å². The van der Waals surface area contributed by atoms with Crippen LogP contribution in [0.15, 0.2) is 102 Å². The molecule has 0 bridgehead atoms. The first-order chi connectivity index (χ1) is 12.8. The van der Waals surface area contributed by atoms with Crippen molar-refractivity contribution in [2.45, 2.75) is 0 Å². The van der Waals surface area contributed by atoms with E-state index in [9.17, 15) is 0 Å². The fourth-order valence-corrected chi connectivity index (χ4v) is 4.17. The van der Waals surface area contributed by atoms with Crippen LogP contribution >= 0.6 is 15.9 Å². The second-order valence-corrected chi connectivity index (χ2v) is 7.25. The van der Waals surface area contributed by atoms with Crippen LogP contribution in [0.5, 0.6) is 0 Å². The molecule has 4 aromatic carbocycles. The van der Waals surface area contributed by atoms with Gasteiger partial charge in [-0.15, -0.1) is 0 Å². The Kier molecular flexibility index (Phi) is 3.65. The third-order valence-electron chi connectivity index (χ3n) is 4.87. The van der Waals surface area contributed by atoms with Crippen LogP contribution in [-0.2, 0) is 0 Å². The molecule has 5 rings (SSSR count).